The predicted octanol–water partition coefficient (Wildman–Crippen LogP) is 4.47. The van der Waals surface area contributed by atoms with Crippen molar-refractivity contribution in [1.29, 1.82) is 0 Å². The number of thiophene rings is 1. The van der Waals surface area contributed by atoms with E-state index < -0.39 is 36.4 Å². The van der Waals surface area contributed by atoms with Crippen LogP contribution in [0.3, 0.4) is 0 Å². The van der Waals surface area contributed by atoms with Gasteiger partial charge in [0.1, 0.15) is 5.82 Å². The Hall–Kier alpha value is -4.47. The lowest BCUT2D eigenvalue weighted by Gasteiger charge is -2.38. The Labute approximate surface area is 281 Å². The van der Waals surface area contributed by atoms with Crippen molar-refractivity contribution in [3.63, 3.8) is 0 Å². The van der Waals surface area contributed by atoms with Gasteiger partial charge in [0.15, 0.2) is 16.7 Å². The van der Waals surface area contributed by atoms with E-state index in [0.29, 0.717) is 18.2 Å². The number of likely N-dealkylation sites (tertiary alicyclic amines) is 1. The average molecular weight is 690 g/mol. The predicted molar refractivity (Wildman–Crippen MR) is 177 cm³/mol. The highest BCUT2D eigenvalue weighted by Crippen LogP contribution is 2.42. The quantitative estimate of drug-likeness (QED) is 0.109. The molecule has 3 aromatic rings. The van der Waals surface area contributed by atoms with Crippen LogP contribution in [0.4, 0.5) is 14.5 Å². The Morgan fingerprint density at radius 3 is 2.21 bits per heavy atom. The number of rotatable bonds is 13. The molecule has 4 rings (SSSR count). The molecule has 1 aliphatic heterocycles. The van der Waals surface area contributed by atoms with Crippen molar-refractivity contribution >= 4 is 40.9 Å². The summed E-state index contributed by atoms with van der Waals surface area (Å²) in [6, 6.07) is 13.6. The molecule has 1 aromatic carbocycles. The number of aliphatic imine (C=N–C) groups is 1. The minimum atomic E-state index is -2.74. The number of carboxylic acid groups (broad SMARTS) is 3. The molecular weight excluding hydrogens is 648 g/mol. The van der Waals surface area contributed by atoms with Crippen LogP contribution in [0, 0.1) is 23.3 Å². The summed E-state index contributed by atoms with van der Waals surface area (Å²) in [5.41, 5.74) is 6.05. The number of pyridine rings is 1. The normalized spacial score (nSPS) is 17.0. The first-order chi connectivity index (χ1) is 22.4. The molecule has 0 amide bonds. The van der Waals surface area contributed by atoms with Gasteiger partial charge in [-0.25, -0.2) is 9.18 Å². The number of aryl methyl sites for hydroxylation is 2. The molecule has 12 nitrogen and oxygen atoms in total. The van der Waals surface area contributed by atoms with E-state index in [-0.39, 0.29) is 21.9 Å². The topological polar surface area (TPSA) is 199 Å². The fourth-order valence-corrected chi connectivity index (χ4v) is 6.13. The van der Waals surface area contributed by atoms with Crippen LogP contribution in [-0.2, 0) is 26.3 Å². The molecule has 2 aromatic heterocycles. The van der Waals surface area contributed by atoms with E-state index in [4.69, 9.17) is 31.2 Å². The van der Waals surface area contributed by atoms with Gasteiger partial charge in [0.25, 0.3) is 0 Å². The molecule has 1 fully saturated rings. The van der Waals surface area contributed by atoms with Gasteiger partial charge in [0, 0.05) is 46.5 Å². The van der Waals surface area contributed by atoms with Gasteiger partial charge in [-0.3, -0.25) is 24.5 Å². The molecule has 0 saturated carbocycles. The third-order valence-electron chi connectivity index (χ3n) is 8.36. The maximum atomic E-state index is 13.6. The van der Waals surface area contributed by atoms with E-state index in [1.54, 1.807) is 12.1 Å². The second-order valence-electron chi connectivity index (χ2n) is 12.4. The Morgan fingerprint density at radius 2 is 1.69 bits per heavy atom. The van der Waals surface area contributed by atoms with Crippen LogP contribution in [0.15, 0.2) is 59.7 Å². The van der Waals surface area contributed by atoms with Crippen molar-refractivity contribution in [3.8, 4) is 0 Å². The van der Waals surface area contributed by atoms with Gasteiger partial charge in [0.2, 0.25) is 0 Å². The van der Waals surface area contributed by atoms with Gasteiger partial charge in [-0.2, -0.15) is 4.39 Å². The van der Waals surface area contributed by atoms with E-state index in [1.807, 2.05) is 19.2 Å². The summed E-state index contributed by atoms with van der Waals surface area (Å²) in [5, 5.41) is 36.7. The maximum Gasteiger partial charge on any atom is 0.336 e. The van der Waals surface area contributed by atoms with Gasteiger partial charge in [0.05, 0.1) is 12.8 Å². The molecule has 0 aliphatic carbocycles. The van der Waals surface area contributed by atoms with Crippen LogP contribution in [0.2, 0.25) is 0 Å². The Morgan fingerprint density at radius 1 is 1.04 bits per heavy atom. The van der Waals surface area contributed by atoms with E-state index in [1.165, 1.54) is 35.1 Å². The molecule has 1 saturated heterocycles. The summed E-state index contributed by atoms with van der Waals surface area (Å²) in [6.07, 6.45) is 2.33. The lowest BCUT2D eigenvalue weighted by atomic mass is 9.81. The number of nitrogens with two attached hydrogens (primary N) is 1. The number of aliphatic carboxylic acids is 3. The zero-order chi connectivity index (χ0) is 35.7. The molecule has 15 heteroatoms. The van der Waals surface area contributed by atoms with E-state index >= 15 is 0 Å². The number of anilines is 1. The van der Waals surface area contributed by atoms with Gasteiger partial charge in [-0.1, -0.05) is 6.07 Å². The highest BCUT2D eigenvalue weighted by atomic mass is 32.1. The van der Waals surface area contributed by atoms with Crippen LogP contribution < -0.4 is 11.1 Å². The average Bonchev–Trinajstić information content (AvgIpc) is 3.63. The Bertz CT molecular complexity index is 1580. The number of nitrogens with zero attached hydrogens (tertiary/aromatic N) is 3. The number of hydrogen-bond donors (Lipinski definition) is 6. The van der Waals surface area contributed by atoms with Crippen LogP contribution in [-0.4, -0.2) is 79.4 Å². The minimum absolute atomic E-state index is 0.0923. The summed E-state index contributed by atoms with van der Waals surface area (Å²) < 4.78 is 26.8. The maximum absolute atomic E-state index is 13.6. The summed E-state index contributed by atoms with van der Waals surface area (Å²) in [7, 11) is 0. The van der Waals surface area contributed by atoms with E-state index in [2.05, 4.69) is 41.2 Å². The number of carboxylic acids is 3. The number of aliphatic hydroxyl groups is 1. The molecule has 0 radical (unpaired) electrons. The minimum Gasteiger partial charge on any atom is -0.481 e. The van der Waals surface area contributed by atoms with Crippen LogP contribution in [0.5, 0.6) is 0 Å². The molecule has 7 N–H and O–H groups in total. The number of halogens is 2. The SMILES string of the molecule is Cc1ccc(C(C)(C)N2CC[C@](CCc3ccc(F)s3)(CN=C(N)Nc3ccc(F)cc3)C2)cn1.O=C(O)CC(O)(CC(=O)O)C(=O)O. The van der Waals surface area contributed by atoms with Crippen LogP contribution in [0.1, 0.15) is 55.7 Å². The number of hydrogen-bond acceptors (Lipinski definition) is 8. The fourth-order valence-electron chi connectivity index (χ4n) is 5.40. The van der Waals surface area contributed by atoms with Crippen molar-refractivity contribution in [2.75, 3.05) is 25.0 Å². The first-order valence-electron chi connectivity index (χ1n) is 15.1. The standard InChI is InChI=1S/C27H33F2N5S.C6H8O7/c1-19-4-5-20(16-31-19)26(2,3)34-15-14-27(18-34,13-12-23-10-11-24(29)35-23)17-32-25(30)33-22-8-6-21(28)7-9-22;7-3(8)1-6(13,5(11)12)2-4(9)10/h4-11,16H,12-15,17-18H2,1-3H3,(H3,30,32,33);13H,1-2H2,(H,7,8)(H,9,10)(H,11,12)/t27-;/m1./s1. The molecule has 3 heterocycles. The number of guanidine groups is 1. The molecule has 1 aliphatic rings. The highest BCUT2D eigenvalue weighted by Gasteiger charge is 2.44. The number of carbonyl (C=O) groups is 3. The van der Waals surface area contributed by atoms with Crippen molar-refractivity contribution in [3.05, 3.63) is 81.8 Å². The summed E-state index contributed by atoms with van der Waals surface area (Å²) in [5.74, 6) is -5.01. The van der Waals surface area contributed by atoms with Crippen molar-refractivity contribution in [1.82, 2.24) is 9.88 Å². The zero-order valence-electron chi connectivity index (χ0n) is 26.9. The molecule has 0 spiro atoms. The van der Waals surface area contributed by atoms with Gasteiger partial charge in [-0.05, 0) is 94.6 Å². The first-order valence-corrected chi connectivity index (χ1v) is 15.9. The molecule has 48 heavy (non-hydrogen) atoms. The molecular formula is C33H41F2N5O7S. The largest absolute Gasteiger partial charge is 0.481 e. The Balaban J connectivity index is 0.000000408. The zero-order valence-corrected chi connectivity index (χ0v) is 27.8. The second kappa shape index (κ2) is 16.1. The van der Waals surface area contributed by atoms with E-state index in [9.17, 15) is 23.2 Å². The highest BCUT2D eigenvalue weighted by molar-refractivity contribution is 7.10. The third-order valence-corrected chi connectivity index (χ3v) is 9.30. The smallest absolute Gasteiger partial charge is 0.336 e. The van der Waals surface area contributed by atoms with E-state index in [0.717, 1.165) is 42.9 Å². The Kier molecular flexibility index (Phi) is 12.7. The third kappa shape index (κ3) is 10.8. The van der Waals surface area contributed by atoms with Crippen molar-refractivity contribution in [2.45, 2.75) is 64.0 Å². The van der Waals surface area contributed by atoms with Crippen molar-refractivity contribution < 1.29 is 43.6 Å². The van der Waals surface area contributed by atoms with Gasteiger partial charge < -0.3 is 31.5 Å². The fraction of sp³-hybridized carbons (Fsp3) is 0.424. The summed E-state index contributed by atoms with van der Waals surface area (Å²) in [4.78, 5) is 43.2. The number of nitrogens with one attached hydrogen (secondary N) is 1. The number of benzene rings is 1. The van der Waals surface area contributed by atoms with Gasteiger partial charge in [-0.15, -0.1) is 11.3 Å². The van der Waals surface area contributed by atoms with Crippen molar-refractivity contribution in [2.24, 2.45) is 16.1 Å². The van der Waals surface area contributed by atoms with Gasteiger partial charge >= 0.3 is 17.9 Å². The van der Waals surface area contributed by atoms with Crippen LogP contribution >= 0.6 is 11.3 Å². The molecule has 1 atom stereocenters. The second-order valence-corrected chi connectivity index (χ2v) is 13.6. The monoisotopic (exact) mass is 689 g/mol. The summed E-state index contributed by atoms with van der Waals surface area (Å²) >= 11 is 1.21. The first kappa shape index (κ1) is 38.0. The number of aromatic nitrogens is 1. The molecule has 260 valence electrons. The lowest BCUT2D eigenvalue weighted by Crippen LogP contribution is -2.42. The summed E-state index contributed by atoms with van der Waals surface area (Å²) in [6.45, 7) is 8.80. The molecule has 0 bridgehead atoms. The molecule has 0 unspecified atom stereocenters. The lowest BCUT2D eigenvalue weighted by molar-refractivity contribution is -0.170. The van der Waals surface area contributed by atoms with Crippen LogP contribution in [0.25, 0.3) is 0 Å².